The van der Waals surface area contributed by atoms with Gasteiger partial charge in [0, 0.05) is 24.2 Å². The van der Waals surface area contributed by atoms with Gasteiger partial charge in [-0.3, -0.25) is 9.97 Å². The summed E-state index contributed by atoms with van der Waals surface area (Å²) in [6, 6.07) is 1.20. The van der Waals surface area contributed by atoms with Gasteiger partial charge in [-0.25, -0.2) is 9.37 Å². The molecule has 100 valence electrons. The molecule has 6 heteroatoms. The third kappa shape index (κ3) is 2.85. The number of nitrogens with zero attached hydrogens (tertiary/aromatic N) is 3. The van der Waals surface area contributed by atoms with E-state index in [-0.39, 0.29) is 5.82 Å². The molecular weight excluding hydrogens is 247 g/mol. The maximum atomic E-state index is 13.9. The summed E-state index contributed by atoms with van der Waals surface area (Å²) in [7, 11) is 1.51. The van der Waals surface area contributed by atoms with Crippen LogP contribution in [0.3, 0.4) is 0 Å². The van der Waals surface area contributed by atoms with Gasteiger partial charge in [-0.05, 0) is 12.6 Å². The number of methoxy groups -OCH3 is 1. The molecule has 19 heavy (non-hydrogen) atoms. The molecule has 0 spiro atoms. The van der Waals surface area contributed by atoms with E-state index < -0.39 is 6.04 Å². The molecule has 0 aliphatic rings. The van der Waals surface area contributed by atoms with Crippen LogP contribution in [0, 0.1) is 5.82 Å². The largest absolute Gasteiger partial charge is 0.480 e. The predicted molar refractivity (Wildman–Crippen MR) is 68.3 cm³/mol. The fourth-order valence-corrected chi connectivity index (χ4v) is 1.87. The maximum Gasteiger partial charge on any atom is 0.237 e. The van der Waals surface area contributed by atoms with Crippen molar-refractivity contribution in [3.63, 3.8) is 0 Å². The van der Waals surface area contributed by atoms with E-state index in [1.165, 1.54) is 19.5 Å². The molecule has 0 amide bonds. The van der Waals surface area contributed by atoms with E-state index in [1.807, 2.05) is 6.92 Å². The third-order valence-corrected chi connectivity index (χ3v) is 2.68. The molecule has 2 aromatic rings. The van der Waals surface area contributed by atoms with Crippen LogP contribution in [0.2, 0.25) is 0 Å². The van der Waals surface area contributed by atoms with E-state index in [0.29, 0.717) is 23.7 Å². The summed E-state index contributed by atoms with van der Waals surface area (Å²) in [6.45, 7) is 2.60. The maximum absolute atomic E-state index is 13.9. The Morgan fingerprint density at radius 2 is 2.11 bits per heavy atom. The molecule has 1 N–H and O–H groups in total. The van der Waals surface area contributed by atoms with E-state index >= 15 is 0 Å². The molecule has 1 unspecified atom stereocenters. The standard InChI is InChI=1S/C13H15FN4O/c1-3-16-11(9-4-5-15-8-10(9)14)12-13(19-2)18-7-6-17-12/h4-8,11,16H,3H2,1-2H3. The molecule has 2 aromatic heterocycles. The summed E-state index contributed by atoms with van der Waals surface area (Å²) < 4.78 is 19.1. The number of aromatic nitrogens is 3. The molecule has 2 rings (SSSR count). The molecule has 0 fully saturated rings. The van der Waals surface area contributed by atoms with Gasteiger partial charge in [-0.15, -0.1) is 0 Å². The molecule has 0 radical (unpaired) electrons. The van der Waals surface area contributed by atoms with Crippen LogP contribution in [0.5, 0.6) is 5.88 Å². The van der Waals surface area contributed by atoms with E-state index in [9.17, 15) is 4.39 Å². The van der Waals surface area contributed by atoms with Crippen LogP contribution in [0.4, 0.5) is 4.39 Å². The number of nitrogens with one attached hydrogen (secondary N) is 1. The zero-order valence-electron chi connectivity index (χ0n) is 10.8. The minimum absolute atomic E-state index is 0.379. The lowest BCUT2D eigenvalue weighted by atomic mass is 10.0. The highest BCUT2D eigenvalue weighted by atomic mass is 19.1. The topological polar surface area (TPSA) is 59.9 Å². The summed E-state index contributed by atoms with van der Waals surface area (Å²) in [5.41, 5.74) is 1.02. The van der Waals surface area contributed by atoms with Crippen LogP contribution in [0.15, 0.2) is 30.9 Å². The highest BCUT2D eigenvalue weighted by Gasteiger charge is 2.22. The summed E-state index contributed by atoms with van der Waals surface area (Å²) in [5, 5.41) is 3.18. The summed E-state index contributed by atoms with van der Waals surface area (Å²) >= 11 is 0. The summed E-state index contributed by atoms with van der Waals surface area (Å²) in [6.07, 6.45) is 5.82. The predicted octanol–water partition coefficient (Wildman–Crippen LogP) is 1.72. The van der Waals surface area contributed by atoms with Crippen molar-refractivity contribution in [3.05, 3.63) is 47.9 Å². The molecule has 0 saturated carbocycles. The van der Waals surface area contributed by atoms with E-state index in [2.05, 4.69) is 20.3 Å². The van der Waals surface area contributed by atoms with Gasteiger partial charge in [0.25, 0.3) is 0 Å². The van der Waals surface area contributed by atoms with Gasteiger partial charge in [0.05, 0.1) is 19.3 Å². The van der Waals surface area contributed by atoms with Crippen molar-refractivity contribution in [2.45, 2.75) is 13.0 Å². The van der Waals surface area contributed by atoms with Crippen molar-refractivity contribution in [1.29, 1.82) is 0 Å². The lowest BCUT2D eigenvalue weighted by molar-refractivity contribution is 0.382. The first-order chi connectivity index (χ1) is 9.27. The third-order valence-electron chi connectivity index (χ3n) is 2.68. The number of halogens is 1. The molecule has 0 aliphatic carbocycles. The van der Waals surface area contributed by atoms with Crippen LogP contribution in [-0.2, 0) is 0 Å². The Kier molecular flexibility index (Phi) is 4.35. The second kappa shape index (κ2) is 6.19. The van der Waals surface area contributed by atoms with E-state index in [4.69, 9.17) is 4.74 Å². The summed E-state index contributed by atoms with van der Waals surface area (Å²) in [5.74, 6) is -0.00850. The van der Waals surface area contributed by atoms with Gasteiger partial charge in [-0.1, -0.05) is 6.92 Å². The molecule has 2 heterocycles. The number of hydrogen-bond donors (Lipinski definition) is 1. The van der Waals surface area contributed by atoms with Gasteiger partial charge >= 0.3 is 0 Å². The van der Waals surface area contributed by atoms with Crippen molar-refractivity contribution in [3.8, 4) is 5.88 Å². The van der Waals surface area contributed by atoms with Gasteiger partial charge < -0.3 is 10.1 Å². The normalized spacial score (nSPS) is 12.2. The molecular formula is C13H15FN4O. The first kappa shape index (κ1) is 13.4. The summed E-state index contributed by atoms with van der Waals surface area (Å²) in [4.78, 5) is 12.1. The highest BCUT2D eigenvalue weighted by molar-refractivity contribution is 5.32. The molecule has 0 bridgehead atoms. The Balaban J connectivity index is 2.49. The average molecular weight is 262 g/mol. The SMILES string of the molecule is CCNC(c1ccncc1F)c1nccnc1OC. The van der Waals surface area contributed by atoms with Gasteiger partial charge in [-0.2, -0.15) is 0 Å². The van der Waals surface area contributed by atoms with Crippen LogP contribution in [-0.4, -0.2) is 28.6 Å². The number of pyridine rings is 1. The lowest BCUT2D eigenvalue weighted by Gasteiger charge is -2.19. The minimum atomic E-state index is -0.420. The van der Waals surface area contributed by atoms with E-state index in [0.717, 1.165) is 0 Å². The number of ether oxygens (including phenoxy) is 1. The Morgan fingerprint density at radius 1 is 1.32 bits per heavy atom. The van der Waals surface area contributed by atoms with E-state index in [1.54, 1.807) is 18.5 Å². The average Bonchev–Trinajstić information content (AvgIpc) is 2.46. The number of hydrogen-bond acceptors (Lipinski definition) is 5. The van der Waals surface area contributed by atoms with Crippen molar-refractivity contribution >= 4 is 0 Å². The van der Waals surface area contributed by atoms with Crippen molar-refractivity contribution in [1.82, 2.24) is 20.3 Å². The molecule has 0 aromatic carbocycles. The minimum Gasteiger partial charge on any atom is -0.480 e. The second-order valence-electron chi connectivity index (χ2n) is 3.84. The van der Waals surface area contributed by atoms with Crippen molar-refractivity contribution < 1.29 is 9.13 Å². The van der Waals surface area contributed by atoms with Gasteiger partial charge in [0.15, 0.2) is 0 Å². The highest BCUT2D eigenvalue weighted by Crippen LogP contribution is 2.27. The van der Waals surface area contributed by atoms with Crippen molar-refractivity contribution in [2.24, 2.45) is 0 Å². The Bertz CT molecular complexity index is 550. The monoisotopic (exact) mass is 262 g/mol. The Labute approximate surface area is 110 Å². The zero-order chi connectivity index (χ0) is 13.7. The van der Waals surface area contributed by atoms with Crippen molar-refractivity contribution in [2.75, 3.05) is 13.7 Å². The quantitative estimate of drug-likeness (QED) is 0.889. The fourth-order valence-electron chi connectivity index (χ4n) is 1.87. The zero-order valence-corrected chi connectivity index (χ0v) is 10.8. The van der Waals surface area contributed by atoms with Crippen LogP contribution < -0.4 is 10.1 Å². The Morgan fingerprint density at radius 3 is 2.79 bits per heavy atom. The van der Waals surface area contributed by atoms with Crippen LogP contribution >= 0.6 is 0 Å². The van der Waals surface area contributed by atoms with Crippen LogP contribution in [0.1, 0.15) is 24.2 Å². The molecule has 5 nitrogen and oxygen atoms in total. The second-order valence-corrected chi connectivity index (χ2v) is 3.84. The van der Waals surface area contributed by atoms with Gasteiger partial charge in [0.1, 0.15) is 11.5 Å². The fraction of sp³-hybridized carbons (Fsp3) is 0.308. The van der Waals surface area contributed by atoms with Gasteiger partial charge in [0.2, 0.25) is 5.88 Å². The number of rotatable bonds is 5. The Hall–Kier alpha value is -2.08. The lowest BCUT2D eigenvalue weighted by Crippen LogP contribution is -2.24. The molecule has 0 aliphatic heterocycles. The molecule has 1 atom stereocenters. The van der Waals surface area contributed by atoms with Crippen LogP contribution in [0.25, 0.3) is 0 Å². The molecule has 0 saturated heterocycles. The first-order valence-corrected chi connectivity index (χ1v) is 5.95. The smallest absolute Gasteiger partial charge is 0.237 e. The first-order valence-electron chi connectivity index (χ1n) is 5.95.